The smallest absolute Gasteiger partial charge is 0.423 e. The molecule has 1 aromatic carbocycles. The summed E-state index contributed by atoms with van der Waals surface area (Å²) in [6, 6.07) is 7.90. The van der Waals surface area contributed by atoms with Crippen LogP contribution in [0.5, 0.6) is 0 Å². The lowest BCUT2D eigenvalue weighted by Crippen LogP contribution is -2.71. The van der Waals surface area contributed by atoms with Gasteiger partial charge in [-0.1, -0.05) is 24.3 Å². The molecule has 3 heteroatoms. The van der Waals surface area contributed by atoms with Crippen molar-refractivity contribution >= 4 is 12.6 Å². The molecule has 0 bridgehead atoms. The Morgan fingerprint density at radius 1 is 1.06 bits per heavy atom. The molecule has 0 spiro atoms. The SMILES string of the molecule is OB(O)c1ccc(C23CC4CC(C2)C43)cc1. The first-order chi connectivity index (χ1) is 7.71. The minimum Gasteiger partial charge on any atom is -0.423 e. The second kappa shape index (κ2) is 2.71. The molecule has 3 aliphatic carbocycles. The van der Waals surface area contributed by atoms with Gasteiger partial charge in [0.05, 0.1) is 0 Å². The van der Waals surface area contributed by atoms with Crippen LogP contribution in [0.25, 0.3) is 0 Å². The molecule has 3 aliphatic rings. The molecule has 3 fully saturated rings. The Kier molecular flexibility index (Phi) is 1.57. The van der Waals surface area contributed by atoms with E-state index in [1.165, 1.54) is 24.8 Å². The molecule has 16 heavy (non-hydrogen) atoms. The maximum absolute atomic E-state index is 9.06. The second-order valence-corrected chi connectivity index (χ2v) is 5.84. The van der Waals surface area contributed by atoms with Crippen molar-refractivity contribution in [2.75, 3.05) is 0 Å². The largest absolute Gasteiger partial charge is 0.488 e. The molecule has 0 radical (unpaired) electrons. The Morgan fingerprint density at radius 3 is 2.12 bits per heavy atom. The van der Waals surface area contributed by atoms with E-state index in [1.807, 2.05) is 12.1 Å². The molecule has 1 aromatic rings. The maximum atomic E-state index is 9.06. The highest BCUT2D eigenvalue weighted by molar-refractivity contribution is 6.58. The van der Waals surface area contributed by atoms with Gasteiger partial charge in [-0.25, -0.2) is 0 Å². The minimum absolute atomic E-state index is 0.493. The van der Waals surface area contributed by atoms with Gasteiger partial charge in [0.15, 0.2) is 0 Å². The highest BCUT2D eigenvalue weighted by Crippen LogP contribution is 2.77. The van der Waals surface area contributed by atoms with E-state index < -0.39 is 7.12 Å². The lowest BCUT2D eigenvalue weighted by Gasteiger charge is -2.76. The Morgan fingerprint density at radius 2 is 1.69 bits per heavy atom. The molecule has 82 valence electrons. The van der Waals surface area contributed by atoms with Crippen molar-refractivity contribution in [2.24, 2.45) is 17.8 Å². The fourth-order valence-electron chi connectivity index (χ4n) is 4.58. The first-order valence-corrected chi connectivity index (χ1v) is 6.17. The average Bonchev–Trinajstić information content (AvgIpc) is 2.28. The van der Waals surface area contributed by atoms with Gasteiger partial charge in [0.2, 0.25) is 0 Å². The zero-order chi connectivity index (χ0) is 10.9. The molecular formula is C13H15BO2. The summed E-state index contributed by atoms with van der Waals surface area (Å²) in [5.74, 6) is 3.00. The number of benzene rings is 1. The standard InChI is InChI=1S/C13H15BO2/c15-14(16)11-3-1-10(2-4-11)13-6-8-5-9(7-13)12(8)13/h1-4,8-9,12,15-16H,5-7H2. The molecule has 2 nitrogen and oxygen atoms in total. The predicted octanol–water partition coefficient (Wildman–Crippen LogP) is 0.664. The highest BCUT2D eigenvalue weighted by Gasteiger charge is 2.71. The summed E-state index contributed by atoms with van der Waals surface area (Å²) in [5.41, 5.74) is 2.52. The van der Waals surface area contributed by atoms with Gasteiger partial charge in [0.1, 0.15) is 0 Å². The average molecular weight is 214 g/mol. The van der Waals surface area contributed by atoms with E-state index in [1.54, 1.807) is 0 Å². The zero-order valence-corrected chi connectivity index (χ0v) is 9.13. The molecule has 2 N–H and O–H groups in total. The molecule has 4 rings (SSSR count). The molecule has 0 aliphatic heterocycles. The van der Waals surface area contributed by atoms with Crippen LogP contribution in [-0.2, 0) is 5.41 Å². The van der Waals surface area contributed by atoms with Gasteiger partial charge in [-0.3, -0.25) is 0 Å². The second-order valence-electron chi connectivity index (χ2n) is 5.84. The third kappa shape index (κ3) is 0.883. The van der Waals surface area contributed by atoms with Crippen LogP contribution in [0.1, 0.15) is 24.8 Å². The van der Waals surface area contributed by atoms with Crippen LogP contribution >= 0.6 is 0 Å². The first kappa shape index (κ1) is 9.26. The maximum Gasteiger partial charge on any atom is 0.488 e. The van der Waals surface area contributed by atoms with Crippen molar-refractivity contribution in [2.45, 2.75) is 24.7 Å². The fraction of sp³-hybridized carbons (Fsp3) is 0.538. The lowest BCUT2D eigenvalue weighted by atomic mass is 9.28. The van der Waals surface area contributed by atoms with E-state index >= 15 is 0 Å². The lowest BCUT2D eigenvalue weighted by molar-refractivity contribution is -0.219. The summed E-state index contributed by atoms with van der Waals surface area (Å²) in [6.45, 7) is 0. The number of hydrogen-bond acceptors (Lipinski definition) is 2. The zero-order valence-electron chi connectivity index (χ0n) is 9.13. The van der Waals surface area contributed by atoms with Crippen molar-refractivity contribution in [3.63, 3.8) is 0 Å². The van der Waals surface area contributed by atoms with E-state index in [0.717, 1.165) is 17.8 Å². The highest BCUT2D eigenvalue weighted by atomic mass is 16.4. The van der Waals surface area contributed by atoms with Crippen molar-refractivity contribution < 1.29 is 10.0 Å². The fourth-order valence-corrected chi connectivity index (χ4v) is 4.58. The monoisotopic (exact) mass is 214 g/mol. The quantitative estimate of drug-likeness (QED) is 0.710. The van der Waals surface area contributed by atoms with Gasteiger partial charge in [-0.2, -0.15) is 0 Å². The summed E-state index contributed by atoms with van der Waals surface area (Å²) < 4.78 is 0. The van der Waals surface area contributed by atoms with Crippen molar-refractivity contribution in [3.8, 4) is 0 Å². The van der Waals surface area contributed by atoms with Crippen LogP contribution in [0.3, 0.4) is 0 Å². The van der Waals surface area contributed by atoms with Gasteiger partial charge in [0.25, 0.3) is 0 Å². The Labute approximate surface area is 95.4 Å². The Balaban J connectivity index is 1.64. The van der Waals surface area contributed by atoms with Crippen LogP contribution in [0.2, 0.25) is 0 Å². The van der Waals surface area contributed by atoms with Crippen LogP contribution in [-0.4, -0.2) is 17.2 Å². The predicted molar refractivity (Wildman–Crippen MR) is 62.3 cm³/mol. The van der Waals surface area contributed by atoms with Crippen LogP contribution < -0.4 is 5.46 Å². The molecule has 0 amide bonds. The normalized spacial score (nSPS) is 42.5. The van der Waals surface area contributed by atoms with Gasteiger partial charge in [0, 0.05) is 0 Å². The van der Waals surface area contributed by atoms with E-state index in [4.69, 9.17) is 10.0 Å². The molecule has 0 aromatic heterocycles. The number of hydrogen-bond donors (Lipinski definition) is 2. The van der Waals surface area contributed by atoms with E-state index in [-0.39, 0.29) is 0 Å². The summed E-state index contributed by atoms with van der Waals surface area (Å²) in [5, 5.41) is 18.1. The summed E-state index contributed by atoms with van der Waals surface area (Å²) in [4.78, 5) is 0. The Bertz CT molecular complexity index is 428. The van der Waals surface area contributed by atoms with E-state index in [9.17, 15) is 0 Å². The summed E-state index contributed by atoms with van der Waals surface area (Å²) in [7, 11) is -1.33. The van der Waals surface area contributed by atoms with Crippen LogP contribution in [0, 0.1) is 17.8 Å². The van der Waals surface area contributed by atoms with E-state index in [0.29, 0.717) is 10.9 Å². The topological polar surface area (TPSA) is 40.5 Å². The molecular weight excluding hydrogens is 199 g/mol. The minimum atomic E-state index is -1.33. The van der Waals surface area contributed by atoms with Gasteiger partial charge in [-0.05, 0) is 53.5 Å². The first-order valence-electron chi connectivity index (χ1n) is 6.17. The van der Waals surface area contributed by atoms with Crippen molar-refractivity contribution in [3.05, 3.63) is 29.8 Å². The molecule has 0 heterocycles. The summed E-state index contributed by atoms with van der Waals surface area (Å²) >= 11 is 0. The van der Waals surface area contributed by atoms with Crippen molar-refractivity contribution in [1.82, 2.24) is 0 Å². The third-order valence-electron chi connectivity index (χ3n) is 5.30. The summed E-state index contributed by atoms with van der Waals surface area (Å²) in [6.07, 6.45) is 4.21. The molecule has 3 saturated carbocycles. The van der Waals surface area contributed by atoms with Gasteiger partial charge in [-0.15, -0.1) is 0 Å². The van der Waals surface area contributed by atoms with Crippen LogP contribution in [0.4, 0.5) is 0 Å². The van der Waals surface area contributed by atoms with Crippen molar-refractivity contribution in [1.29, 1.82) is 0 Å². The third-order valence-corrected chi connectivity index (χ3v) is 5.30. The van der Waals surface area contributed by atoms with E-state index in [2.05, 4.69) is 12.1 Å². The molecule has 2 unspecified atom stereocenters. The van der Waals surface area contributed by atoms with Gasteiger partial charge >= 0.3 is 7.12 Å². The molecule has 0 saturated heterocycles. The van der Waals surface area contributed by atoms with Gasteiger partial charge < -0.3 is 10.0 Å². The Hall–Kier alpha value is -0.795. The number of rotatable bonds is 2. The van der Waals surface area contributed by atoms with Crippen LogP contribution in [0.15, 0.2) is 24.3 Å². The molecule has 2 atom stereocenters.